The first-order valence-corrected chi connectivity index (χ1v) is 7.94. The van der Waals surface area contributed by atoms with Gasteiger partial charge < -0.3 is 26.5 Å². The fourth-order valence-corrected chi connectivity index (χ4v) is 2.08. The second-order valence-corrected chi connectivity index (χ2v) is 5.54. The van der Waals surface area contributed by atoms with Crippen LogP contribution in [0.3, 0.4) is 0 Å². The van der Waals surface area contributed by atoms with Crippen LogP contribution < -0.4 is 16.0 Å². The molecular weight excluding hydrogens is 377 g/mol. The van der Waals surface area contributed by atoms with Crippen molar-refractivity contribution in [3.05, 3.63) is 58.8 Å². The highest BCUT2D eigenvalue weighted by molar-refractivity contribution is 5.80. The Morgan fingerprint density at radius 2 is 2.00 bits per heavy atom. The van der Waals surface area contributed by atoms with Crippen molar-refractivity contribution in [2.45, 2.75) is 13.5 Å². The first-order valence-electron chi connectivity index (χ1n) is 7.94. The number of nitrogens with one attached hydrogen (secondary N) is 4. The van der Waals surface area contributed by atoms with Gasteiger partial charge in [-0.15, -0.1) is 0 Å². The number of rotatable bonds is 9. The van der Waals surface area contributed by atoms with Crippen molar-refractivity contribution < 1.29 is 23.1 Å². The lowest BCUT2D eigenvalue weighted by atomic mass is 10.2. The van der Waals surface area contributed by atoms with Crippen molar-refractivity contribution in [2.24, 2.45) is 0 Å². The molecule has 0 fully saturated rings. The summed E-state index contributed by atoms with van der Waals surface area (Å²) in [5.74, 6) is -4.11. The monoisotopic (exact) mass is 394 g/mol. The molecule has 0 atom stereocenters. The van der Waals surface area contributed by atoms with E-state index in [9.17, 15) is 18.0 Å². The van der Waals surface area contributed by atoms with E-state index in [2.05, 4.69) is 25.9 Å². The van der Waals surface area contributed by atoms with Gasteiger partial charge in [0.1, 0.15) is 18.2 Å². The quantitative estimate of drug-likeness (QED) is 0.327. The maximum absolute atomic E-state index is 13.8. The normalized spacial score (nSPS) is 11.1. The lowest BCUT2D eigenvalue weighted by Crippen LogP contribution is -2.19. The van der Waals surface area contributed by atoms with E-state index in [1.807, 2.05) is 0 Å². The summed E-state index contributed by atoms with van der Waals surface area (Å²) in [5.41, 5.74) is 0.274. The molecule has 28 heavy (non-hydrogen) atoms. The van der Waals surface area contributed by atoms with Crippen molar-refractivity contribution in [3.8, 4) is 0 Å². The van der Waals surface area contributed by atoms with Crippen molar-refractivity contribution in [2.75, 3.05) is 17.2 Å². The zero-order chi connectivity index (χ0) is 20.7. The number of aliphatic carboxylic acids is 1. The zero-order valence-corrected chi connectivity index (χ0v) is 14.7. The summed E-state index contributed by atoms with van der Waals surface area (Å²) < 4.78 is 40.8. The van der Waals surface area contributed by atoms with Crippen molar-refractivity contribution in [1.29, 1.82) is 5.41 Å². The topological polar surface area (TPSA) is 123 Å². The molecule has 0 bridgehead atoms. The van der Waals surface area contributed by atoms with Crippen LogP contribution in [0.2, 0.25) is 0 Å². The minimum Gasteiger partial charge on any atom is -0.480 e. The van der Waals surface area contributed by atoms with Gasteiger partial charge in [-0.3, -0.25) is 4.79 Å². The molecule has 8 nitrogen and oxygen atoms in total. The Morgan fingerprint density at radius 3 is 2.68 bits per heavy atom. The van der Waals surface area contributed by atoms with Gasteiger partial charge in [0.05, 0.1) is 5.70 Å². The molecule has 2 aromatic rings. The van der Waals surface area contributed by atoms with Gasteiger partial charge in [0.15, 0.2) is 11.6 Å². The highest BCUT2D eigenvalue weighted by Crippen LogP contribution is 2.19. The fourth-order valence-electron chi connectivity index (χ4n) is 2.08. The van der Waals surface area contributed by atoms with Crippen LogP contribution in [0.5, 0.6) is 0 Å². The van der Waals surface area contributed by atoms with E-state index in [1.165, 1.54) is 12.4 Å². The molecule has 0 unspecified atom stereocenters. The Balaban J connectivity index is 2.14. The standard InChI is InChI=1S/C17H17F3N6O2/c1-9-5-24-17(25-10(4-21)6-22-8-14(27)28)26-16(9)23-7-11-12(18)2-3-13(19)15(11)20/h2-6,21-22H,7-8H2,1H3,(H,27,28)(H2,23,24,25,26)/b10-6+,21-4?. The summed E-state index contributed by atoms with van der Waals surface area (Å²) in [6.45, 7) is 0.970. The highest BCUT2D eigenvalue weighted by atomic mass is 19.2. The lowest BCUT2D eigenvalue weighted by molar-refractivity contribution is -0.135. The molecule has 0 radical (unpaired) electrons. The molecule has 11 heteroatoms. The minimum atomic E-state index is -1.28. The number of aromatic nitrogens is 2. The van der Waals surface area contributed by atoms with Gasteiger partial charge in [-0.05, 0) is 19.1 Å². The second kappa shape index (κ2) is 9.35. The van der Waals surface area contributed by atoms with Gasteiger partial charge in [-0.2, -0.15) is 4.98 Å². The summed E-state index contributed by atoms with van der Waals surface area (Å²) in [6.07, 6.45) is 3.61. The maximum Gasteiger partial charge on any atom is 0.322 e. The molecule has 148 valence electrons. The third-order valence-corrected chi connectivity index (χ3v) is 3.47. The van der Waals surface area contributed by atoms with E-state index in [-0.39, 0.29) is 30.6 Å². The number of hydrogen-bond acceptors (Lipinski definition) is 7. The van der Waals surface area contributed by atoms with E-state index in [1.54, 1.807) is 6.92 Å². The van der Waals surface area contributed by atoms with Crippen LogP contribution in [0.1, 0.15) is 11.1 Å². The molecule has 0 amide bonds. The van der Waals surface area contributed by atoms with Crippen LogP contribution in [0.25, 0.3) is 0 Å². The third kappa shape index (κ3) is 5.43. The highest BCUT2D eigenvalue weighted by Gasteiger charge is 2.14. The van der Waals surface area contributed by atoms with Crippen molar-refractivity contribution in [3.63, 3.8) is 0 Å². The Hall–Kier alpha value is -3.63. The SMILES string of the molecule is Cc1cnc(N/C(C=N)=C/NCC(=O)O)nc1NCc1c(F)ccc(F)c1F. The van der Waals surface area contributed by atoms with Gasteiger partial charge in [-0.1, -0.05) is 0 Å². The van der Waals surface area contributed by atoms with Crippen LogP contribution in [0, 0.1) is 29.8 Å². The largest absolute Gasteiger partial charge is 0.480 e. The number of anilines is 2. The van der Waals surface area contributed by atoms with E-state index in [0.717, 1.165) is 12.3 Å². The first kappa shape index (κ1) is 20.7. The number of allylic oxidation sites excluding steroid dienone is 1. The second-order valence-electron chi connectivity index (χ2n) is 5.54. The van der Waals surface area contributed by atoms with E-state index >= 15 is 0 Å². The zero-order valence-electron chi connectivity index (χ0n) is 14.7. The summed E-state index contributed by atoms with van der Waals surface area (Å²) in [6, 6.07) is 1.54. The molecule has 0 aliphatic rings. The number of aryl methyl sites for hydroxylation is 1. The molecule has 2 rings (SSSR count). The van der Waals surface area contributed by atoms with Gasteiger partial charge in [0.25, 0.3) is 0 Å². The third-order valence-electron chi connectivity index (χ3n) is 3.47. The molecule has 0 saturated carbocycles. The van der Waals surface area contributed by atoms with Crippen LogP contribution >= 0.6 is 0 Å². The number of halogens is 3. The molecule has 0 spiro atoms. The number of hydrogen-bond donors (Lipinski definition) is 5. The number of nitrogens with zero attached hydrogens (tertiary/aromatic N) is 2. The smallest absolute Gasteiger partial charge is 0.322 e. The fraction of sp³-hybridized carbons (Fsp3) is 0.176. The predicted molar refractivity (Wildman–Crippen MR) is 96.5 cm³/mol. The van der Waals surface area contributed by atoms with Crippen LogP contribution in [0.15, 0.2) is 30.2 Å². The molecule has 0 saturated heterocycles. The van der Waals surface area contributed by atoms with Crippen molar-refractivity contribution >= 4 is 24.0 Å². The predicted octanol–water partition coefficient (Wildman–Crippen LogP) is 2.39. The summed E-state index contributed by atoms with van der Waals surface area (Å²) >= 11 is 0. The maximum atomic E-state index is 13.8. The number of carboxylic acid groups (broad SMARTS) is 1. The van der Waals surface area contributed by atoms with E-state index in [0.29, 0.717) is 11.6 Å². The van der Waals surface area contributed by atoms with Gasteiger partial charge in [0.2, 0.25) is 5.95 Å². The molecule has 0 aliphatic heterocycles. The van der Waals surface area contributed by atoms with E-state index < -0.39 is 29.0 Å². The molecule has 1 aromatic carbocycles. The van der Waals surface area contributed by atoms with Gasteiger partial charge >= 0.3 is 5.97 Å². The molecule has 5 N–H and O–H groups in total. The molecule has 1 aromatic heterocycles. The Kier molecular flexibility index (Phi) is 6.90. The number of carboxylic acids is 1. The average Bonchev–Trinajstić information content (AvgIpc) is 2.66. The summed E-state index contributed by atoms with van der Waals surface area (Å²) in [7, 11) is 0. The van der Waals surface area contributed by atoms with Gasteiger partial charge in [-0.25, -0.2) is 18.2 Å². The van der Waals surface area contributed by atoms with E-state index in [4.69, 9.17) is 10.5 Å². The van der Waals surface area contributed by atoms with Crippen LogP contribution in [-0.4, -0.2) is 33.8 Å². The first-order chi connectivity index (χ1) is 13.3. The summed E-state index contributed by atoms with van der Waals surface area (Å²) in [5, 5.41) is 23.8. The average molecular weight is 394 g/mol. The Labute approximate surface area is 158 Å². The molecule has 1 heterocycles. The molecule has 0 aliphatic carbocycles. The van der Waals surface area contributed by atoms with Crippen LogP contribution in [-0.2, 0) is 11.3 Å². The van der Waals surface area contributed by atoms with Gasteiger partial charge in [0, 0.05) is 36.3 Å². The minimum absolute atomic E-state index is 0.0557. The summed E-state index contributed by atoms with van der Waals surface area (Å²) in [4.78, 5) is 18.6. The molecular formula is C17H17F3N6O2. The van der Waals surface area contributed by atoms with Crippen molar-refractivity contribution in [1.82, 2.24) is 15.3 Å². The lowest BCUT2D eigenvalue weighted by Gasteiger charge is -2.12. The Morgan fingerprint density at radius 1 is 1.29 bits per heavy atom. The van der Waals surface area contributed by atoms with Crippen LogP contribution in [0.4, 0.5) is 24.9 Å². The Bertz CT molecular complexity index is 920. The number of benzene rings is 1. The number of carbonyl (C=O) groups is 1.